The Morgan fingerprint density at radius 1 is 1.50 bits per heavy atom. The SMILES string of the molecule is CCS(=O)(=O)OCO[C]=O. The molecule has 0 atom stereocenters. The molecule has 0 N–H and O–H groups in total. The molecule has 0 heterocycles. The van der Waals surface area contributed by atoms with Crippen LogP contribution in [0.25, 0.3) is 0 Å². The van der Waals surface area contributed by atoms with Crippen molar-refractivity contribution in [1.29, 1.82) is 0 Å². The van der Waals surface area contributed by atoms with Crippen molar-refractivity contribution >= 4 is 16.6 Å². The van der Waals surface area contributed by atoms with E-state index in [9.17, 15) is 13.2 Å². The van der Waals surface area contributed by atoms with Crippen LogP contribution in [0.1, 0.15) is 6.92 Å². The first-order valence-corrected chi connectivity index (χ1v) is 4.06. The van der Waals surface area contributed by atoms with E-state index in [2.05, 4.69) is 8.92 Å². The lowest BCUT2D eigenvalue weighted by atomic mass is 11.0. The van der Waals surface area contributed by atoms with Gasteiger partial charge in [0.2, 0.25) is 6.79 Å². The molecule has 0 rings (SSSR count). The molecule has 0 unspecified atom stereocenters. The fourth-order valence-electron chi connectivity index (χ4n) is 0.205. The van der Waals surface area contributed by atoms with Crippen LogP contribution < -0.4 is 0 Å². The van der Waals surface area contributed by atoms with Crippen molar-refractivity contribution in [3.8, 4) is 0 Å². The second-order valence-corrected chi connectivity index (χ2v) is 3.24. The molecule has 0 saturated heterocycles. The summed E-state index contributed by atoms with van der Waals surface area (Å²) in [6.07, 6.45) is 0. The highest BCUT2D eigenvalue weighted by Crippen LogP contribution is 1.90. The summed E-state index contributed by atoms with van der Waals surface area (Å²) >= 11 is 0. The highest BCUT2D eigenvalue weighted by molar-refractivity contribution is 7.86. The first-order valence-electron chi connectivity index (χ1n) is 2.48. The van der Waals surface area contributed by atoms with E-state index in [4.69, 9.17) is 0 Å². The van der Waals surface area contributed by atoms with Crippen molar-refractivity contribution in [3.05, 3.63) is 0 Å². The highest BCUT2D eigenvalue weighted by atomic mass is 32.2. The van der Waals surface area contributed by atoms with E-state index in [0.29, 0.717) is 0 Å². The van der Waals surface area contributed by atoms with Gasteiger partial charge in [-0.05, 0) is 6.92 Å². The Kier molecular flexibility index (Phi) is 3.97. The van der Waals surface area contributed by atoms with Crippen molar-refractivity contribution in [2.45, 2.75) is 6.92 Å². The van der Waals surface area contributed by atoms with Gasteiger partial charge in [0, 0.05) is 0 Å². The van der Waals surface area contributed by atoms with E-state index < -0.39 is 16.9 Å². The zero-order chi connectivity index (χ0) is 8.04. The predicted molar refractivity (Wildman–Crippen MR) is 32.2 cm³/mol. The molecular weight excluding hydrogens is 160 g/mol. The van der Waals surface area contributed by atoms with Crippen molar-refractivity contribution < 1.29 is 22.1 Å². The quantitative estimate of drug-likeness (QED) is 0.310. The van der Waals surface area contributed by atoms with Gasteiger partial charge in [0.25, 0.3) is 10.1 Å². The molecule has 59 valence electrons. The summed E-state index contributed by atoms with van der Waals surface area (Å²) in [5.41, 5.74) is 0. The van der Waals surface area contributed by atoms with Gasteiger partial charge in [-0.15, -0.1) is 0 Å². The van der Waals surface area contributed by atoms with Crippen molar-refractivity contribution in [2.75, 3.05) is 12.5 Å². The van der Waals surface area contributed by atoms with Gasteiger partial charge in [0.1, 0.15) is 0 Å². The zero-order valence-electron chi connectivity index (χ0n) is 5.36. The second-order valence-electron chi connectivity index (χ2n) is 1.31. The number of rotatable bonds is 5. The maximum Gasteiger partial charge on any atom is 0.419 e. The molecule has 0 saturated carbocycles. The second kappa shape index (κ2) is 4.24. The largest absolute Gasteiger partial charge is 0.429 e. The van der Waals surface area contributed by atoms with E-state index in [1.165, 1.54) is 6.92 Å². The maximum absolute atomic E-state index is 10.4. The monoisotopic (exact) mass is 167 g/mol. The average molecular weight is 167 g/mol. The molecule has 0 aliphatic rings. The van der Waals surface area contributed by atoms with Crippen LogP contribution in [-0.4, -0.2) is 27.4 Å². The molecule has 0 aromatic heterocycles. The number of hydrogen-bond donors (Lipinski definition) is 0. The molecule has 10 heavy (non-hydrogen) atoms. The van der Waals surface area contributed by atoms with Crippen LogP contribution in [0, 0.1) is 0 Å². The summed E-state index contributed by atoms with van der Waals surface area (Å²) in [5, 5.41) is 0. The van der Waals surface area contributed by atoms with Crippen LogP contribution >= 0.6 is 0 Å². The minimum Gasteiger partial charge on any atom is -0.429 e. The summed E-state index contributed by atoms with van der Waals surface area (Å²) < 4.78 is 28.9. The van der Waals surface area contributed by atoms with Crippen molar-refractivity contribution in [3.63, 3.8) is 0 Å². The van der Waals surface area contributed by atoms with Gasteiger partial charge in [0.15, 0.2) is 0 Å². The number of ether oxygens (including phenoxy) is 1. The minimum absolute atomic E-state index is 0.144. The molecular formula is C4H7O5S. The summed E-state index contributed by atoms with van der Waals surface area (Å²) in [7, 11) is -3.50. The maximum atomic E-state index is 10.4. The normalized spacial score (nSPS) is 10.9. The van der Waals surface area contributed by atoms with Crippen LogP contribution in [0.5, 0.6) is 0 Å². The number of carbonyl (C=O) groups excluding carboxylic acids is 1. The molecule has 0 aromatic rings. The summed E-state index contributed by atoms with van der Waals surface area (Å²) in [4.78, 5) is 9.36. The Bertz CT molecular complexity index is 182. The fourth-order valence-corrected chi connectivity index (χ4v) is 0.566. The molecule has 1 radical (unpaired) electrons. The third-order valence-electron chi connectivity index (χ3n) is 0.699. The summed E-state index contributed by atoms with van der Waals surface area (Å²) in [6, 6.07) is 0. The molecule has 0 bridgehead atoms. The Morgan fingerprint density at radius 3 is 2.50 bits per heavy atom. The van der Waals surface area contributed by atoms with Crippen molar-refractivity contribution in [1.82, 2.24) is 0 Å². The molecule has 0 aromatic carbocycles. The molecule has 5 nitrogen and oxygen atoms in total. The Labute approximate surface area is 59.1 Å². The minimum atomic E-state index is -3.50. The van der Waals surface area contributed by atoms with Gasteiger partial charge < -0.3 is 4.74 Å². The van der Waals surface area contributed by atoms with E-state index in [-0.39, 0.29) is 5.75 Å². The van der Waals surface area contributed by atoms with Gasteiger partial charge >= 0.3 is 6.47 Å². The van der Waals surface area contributed by atoms with E-state index in [0.717, 1.165) is 6.47 Å². The first-order chi connectivity index (χ1) is 4.62. The summed E-state index contributed by atoms with van der Waals surface area (Å²) in [5.74, 6) is -0.144. The Morgan fingerprint density at radius 2 is 2.10 bits per heavy atom. The van der Waals surface area contributed by atoms with Gasteiger partial charge in [-0.3, -0.25) is 0 Å². The molecule has 0 amide bonds. The smallest absolute Gasteiger partial charge is 0.419 e. The van der Waals surface area contributed by atoms with Crippen molar-refractivity contribution in [2.24, 2.45) is 0 Å². The van der Waals surface area contributed by atoms with E-state index >= 15 is 0 Å². The van der Waals surface area contributed by atoms with Gasteiger partial charge in [-0.1, -0.05) is 0 Å². The lowest BCUT2D eigenvalue weighted by Gasteiger charge is -1.98. The Hall–Kier alpha value is -0.620. The molecule has 6 heteroatoms. The lowest BCUT2D eigenvalue weighted by Crippen LogP contribution is -2.10. The average Bonchev–Trinajstić information content (AvgIpc) is 1.89. The molecule has 0 aliphatic carbocycles. The fraction of sp³-hybridized carbons (Fsp3) is 0.750. The first kappa shape index (κ1) is 9.38. The Balaban J connectivity index is 3.58. The third-order valence-corrected chi connectivity index (χ3v) is 1.86. The number of hydrogen-bond acceptors (Lipinski definition) is 5. The summed E-state index contributed by atoms with van der Waals surface area (Å²) in [6.45, 7) is 1.84. The van der Waals surface area contributed by atoms with Crippen LogP contribution in [0.2, 0.25) is 0 Å². The predicted octanol–water partition coefficient (Wildman–Crippen LogP) is -0.606. The van der Waals surface area contributed by atoms with Crippen LogP contribution in [0.15, 0.2) is 0 Å². The van der Waals surface area contributed by atoms with E-state index in [1.54, 1.807) is 0 Å². The molecule has 0 aliphatic heterocycles. The van der Waals surface area contributed by atoms with Gasteiger partial charge in [-0.2, -0.15) is 8.42 Å². The van der Waals surface area contributed by atoms with Gasteiger partial charge in [0.05, 0.1) is 5.75 Å². The van der Waals surface area contributed by atoms with E-state index in [1.807, 2.05) is 0 Å². The third kappa shape index (κ3) is 4.28. The molecule has 0 spiro atoms. The topological polar surface area (TPSA) is 69.7 Å². The lowest BCUT2D eigenvalue weighted by molar-refractivity contribution is 0.110. The zero-order valence-corrected chi connectivity index (χ0v) is 6.18. The van der Waals surface area contributed by atoms with Gasteiger partial charge in [-0.25, -0.2) is 8.98 Å². The van der Waals surface area contributed by atoms with Crippen LogP contribution in [-0.2, 0) is 23.8 Å². The highest BCUT2D eigenvalue weighted by Gasteiger charge is 2.05. The standard InChI is InChI=1S/C4H7O5S/c1-2-10(6,7)9-4-8-3-5/h2,4H2,1H3. The van der Waals surface area contributed by atoms with Crippen LogP contribution in [0.3, 0.4) is 0 Å². The molecule has 0 fully saturated rings. The van der Waals surface area contributed by atoms with Crippen LogP contribution in [0.4, 0.5) is 0 Å².